The number of hydrogen-bond acceptors (Lipinski definition) is 4. The summed E-state index contributed by atoms with van der Waals surface area (Å²) < 4.78 is 7.19. The smallest absolute Gasteiger partial charge is 0.326 e. The Morgan fingerprint density at radius 2 is 2.13 bits per heavy atom. The highest BCUT2D eigenvalue weighted by atomic mass is 16.5. The molecule has 0 aliphatic heterocycles. The maximum absolute atomic E-state index is 12.6. The maximum atomic E-state index is 12.6. The molecule has 1 unspecified atom stereocenters. The third-order valence-electron chi connectivity index (χ3n) is 3.55. The minimum Gasteiger partial charge on any atom is -0.490 e. The summed E-state index contributed by atoms with van der Waals surface area (Å²) in [6.07, 6.45) is 2.59. The number of imidazole rings is 1. The first-order chi connectivity index (χ1) is 11.0. The average molecular weight is 319 g/mol. The van der Waals surface area contributed by atoms with Crippen molar-refractivity contribution in [2.24, 2.45) is 0 Å². The molecular formula is C16H21N3O4. The van der Waals surface area contributed by atoms with Crippen LogP contribution in [0.3, 0.4) is 0 Å². The van der Waals surface area contributed by atoms with Crippen LogP contribution in [0.15, 0.2) is 18.3 Å². The first-order valence-corrected chi connectivity index (χ1v) is 7.69. The number of carboxylic acids is 1. The molecule has 0 aliphatic rings. The number of carbonyl (C=O) groups is 2. The van der Waals surface area contributed by atoms with Crippen LogP contribution in [0.2, 0.25) is 0 Å². The zero-order chi connectivity index (χ0) is 17.0. The lowest BCUT2D eigenvalue weighted by atomic mass is 10.2. The first kappa shape index (κ1) is 16.8. The van der Waals surface area contributed by atoms with E-state index in [1.165, 1.54) is 0 Å². The number of pyridine rings is 1. The molecule has 2 aromatic heterocycles. The number of rotatable bonds is 7. The van der Waals surface area contributed by atoms with E-state index in [0.29, 0.717) is 42.2 Å². The predicted molar refractivity (Wildman–Crippen MR) is 84.9 cm³/mol. The van der Waals surface area contributed by atoms with Crippen LogP contribution >= 0.6 is 0 Å². The van der Waals surface area contributed by atoms with Gasteiger partial charge in [-0.05, 0) is 31.9 Å². The molecule has 0 fully saturated rings. The number of hydrogen-bond donors (Lipinski definition) is 2. The molecule has 7 heteroatoms. The van der Waals surface area contributed by atoms with Gasteiger partial charge in [0.1, 0.15) is 11.7 Å². The second-order valence-corrected chi connectivity index (χ2v) is 5.03. The Hall–Kier alpha value is -2.57. The zero-order valence-corrected chi connectivity index (χ0v) is 13.5. The van der Waals surface area contributed by atoms with Crippen LogP contribution in [0.1, 0.15) is 43.4 Å². The fraction of sp³-hybridized carbons (Fsp3) is 0.438. The Morgan fingerprint density at radius 3 is 2.70 bits per heavy atom. The van der Waals surface area contributed by atoms with Crippen LogP contribution in [0.25, 0.3) is 5.65 Å². The fourth-order valence-corrected chi connectivity index (χ4v) is 2.41. The molecule has 0 radical (unpaired) electrons. The van der Waals surface area contributed by atoms with Gasteiger partial charge in [0.25, 0.3) is 5.91 Å². The van der Waals surface area contributed by atoms with Crippen molar-refractivity contribution >= 4 is 17.5 Å². The Balaban J connectivity index is 2.48. The van der Waals surface area contributed by atoms with E-state index in [-0.39, 0.29) is 0 Å². The average Bonchev–Trinajstić information content (AvgIpc) is 2.92. The van der Waals surface area contributed by atoms with Gasteiger partial charge in [-0.15, -0.1) is 0 Å². The normalized spacial score (nSPS) is 12.1. The highest BCUT2D eigenvalue weighted by molar-refractivity contribution is 5.97. The van der Waals surface area contributed by atoms with Crippen molar-refractivity contribution < 1.29 is 19.4 Å². The van der Waals surface area contributed by atoms with Gasteiger partial charge >= 0.3 is 5.97 Å². The van der Waals surface area contributed by atoms with Crippen LogP contribution in [0.5, 0.6) is 5.75 Å². The number of nitrogens with zero attached hydrogens (tertiary/aromatic N) is 2. The van der Waals surface area contributed by atoms with Gasteiger partial charge in [0.2, 0.25) is 0 Å². The molecule has 0 spiro atoms. The summed E-state index contributed by atoms with van der Waals surface area (Å²) in [6.45, 7) is 5.97. The number of carboxylic acid groups (broad SMARTS) is 1. The molecule has 2 aromatic rings. The number of carbonyl (C=O) groups excluding carboxylic acids is 1. The largest absolute Gasteiger partial charge is 0.490 e. The van der Waals surface area contributed by atoms with Crippen LogP contribution in [0.4, 0.5) is 0 Å². The maximum Gasteiger partial charge on any atom is 0.326 e. The molecule has 1 atom stereocenters. The van der Waals surface area contributed by atoms with E-state index in [2.05, 4.69) is 10.3 Å². The third-order valence-corrected chi connectivity index (χ3v) is 3.55. The minimum absolute atomic E-state index is 0.309. The molecular weight excluding hydrogens is 298 g/mol. The number of amides is 1. The molecule has 0 saturated carbocycles. The number of aliphatic carboxylic acids is 1. The van der Waals surface area contributed by atoms with E-state index in [4.69, 9.17) is 9.84 Å². The summed E-state index contributed by atoms with van der Waals surface area (Å²) in [5.74, 6) is -0.908. The van der Waals surface area contributed by atoms with Gasteiger partial charge in [-0.3, -0.25) is 9.20 Å². The van der Waals surface area contributed by atoms with Crippen LogP contribution < -0.4 is 10.1 Å². The van der Waals surface area contributed by atoms with Gasteiger partial charge in [-0.1, -0.05) is 13.8 Å². The summed E-state index contributed by atoms with van der Waals surface area (Å²) in [6, 6.07) is 2.64. The van der Waals surface area contributed by atoms with Gasteiger partial charge in [0.05, 0.1) is 12.3 Å². The molecule has 0 bridgehead atoms. The van der Waals surface area contributed by atoms with Gasteiger partial charge in [0.15, 0.2) is 11.4 Å². The van der Waals surface area contributed by atoms with Crippen LogP contribution in [0, 0.1) is 0 Å². The van der Waals surface area contributed by atoms with Crippen molar-refractivity contribution in [1.82, 2.24) is 14.7 Å². The SMILES string of the molecule is CCOc1cccn2c(C(=O)NC(CC)C(=O)O)c(CC)nc12. The first-order valence-electron chi connectivity index (χ1n) is 7.69. The molecule has 2 heterocycles. The Bertz CT molecular complexity index is 723. The lowest BCUT2D eigenvalue weighted by molar-refractivity contribution is -0.139. The number of aryl methyl sites for hydroxylation is 1. The van der Waals surface area contributed by atoms with Crippen molar-refractivity contribution in [3.05, 3.63) is 29.7 Å². The van der Waals surface area contributed by atoms with Gasteiger partial charge in [0, 0.05) is 6.20 Å². The molecule has 0 aliphatic carbocycles. The monoisotopic (exact) mass is 319 g/mol. The van der Waals surface area contributed by atoms with Crippen molar-refractivity contribution in [1.29, 1.82) is 0 Å². The van der Waals surface area contributed by atoms with E-state index < -0.39 is 17.9 Å². The molecule has 2 rings (SSSR count). The second-order valence-electron chi connectivity index (χ2n) is 5.03. The van der Waals surface area contributed by atoms with Crippen LogP contribution in [-0.2, 0) is 11.2 Å². The predicted octanol–water partition coefficient (Wildman–Crippen LogP) is 1.89. The topological polar surface area (TPSA) is 92.9 Å². The Kier molecular flexibility index (Phi) is 5.20. The number of ether oxygens (including phenoxy) is 1. The zero-order valence-electron chi connectivity index (χ0n) is 13.5. The van der Waals surface area contributed by atoms with Gasteiger partial charge < -0.3 is 15.2 Å². The number of aromatic nitrogens is 2. The quantitative estimate of drug-likeness (QED) is 0.813. The third kappa shape index (κ3) is 3.28. The molecule has 0 aromatic carbocycles. The highest BCUT2D eigenvalue weighted by Crippen LogP contribution is 2.22. The summed E-state index contributed by atoms with van der Waals surface area (Å²) in [4.78, 5) is 28.2. The Morgan fingerprint density at radius 1 is 1.39 bits per heavy atom. The van der Waals surface area contributed by atoms with Gasteiger partial charge in [-0.25, -0.2) is 9.78 Å². The molecule has 2 N–H and O–H groups in total. The van der Waals surface area contributed by atoms with E-state index in [1.54, 1.807) is 29.7 Å². The minimum atomic E-state index is -1.05. The summed E-state index contributed by atoms with van der Waals surface area (Å²) >= 11 is 0. The molecule has 124 valence electrons. The fourth-order valence-electron chi connectivity index (χ4n) is 2.41. The summed E-state index contributed by atoms with van der Waals surface area (Å²) in [5.41, 5.74) is 1.51. The lowest BCUT2D eigenvalue weighted by Gasteiger charge is -2.13. The summed E-state index contributed by atoms with van der Waals surface area (Å²) in [7, 11) is 0. The number of fused-ring (bicyclic) bond motifs is 1. The number of nitrogens with one attached hydrogen (secondary N) is 1. The molecule has 0 saturated heterocycles. The molecule has 23 heavy (non-hydrogen) atoms. The summed E-state index contributed by atoms with van der Waals surface area (Å²) in [5, 5.41) is 11.7. The van der Waals surface area contributed by atoms with E-state index in [0.717, 1.165) is 0 Å². The highest BCUT2D eigenvalue weighted by Gasteiger charge is 2.24. The van der Waals surface area contributed by atoms with E-state index >= 15 is 0 Å². The second kappa shape index (κ2) is 7.13. The lowest BCUT2D eigenvalue weighted by Crippen LogP contribution is -2.41. The Labute approximate surface area is 134 Å². The molecule has 1 amide bonds. The van der Waals surface area contributed by atoms with Crippen molar-refractivity contribution in [2.45, 2.75) is 39.7 Å². The standard InChI is InChI=1S/C16H21N3O4/c1-4-10-13(15(20)18-11(5-2)16(21)22)19-9-7-8-12(23-6-3)14(19)17-10/h7-9,11H,4-6H2,1-3H3,(H,18,20)(H,21,22). The van der Waals surface area contributed by atoms with Crippen molar-refractivity contribution in [2.75, 3.05) is 6.61 Å². The van der Waals surface area contributed by atoms with E-state index in [1.807, 2.05) is 13.8 Å². The van der Waals surface area contributed by atoms with Crippen LogP contribution in [-0.4, -0.2) is 39.0 Å². The van der Waals surface area contributed by atoms with Crippen molar-refractivity contribution in [3.8, 4) is 5.75 Å². The van der Waals surface area contributed by atoms with Crippen molar-refractivity contribution in [3.63, 3.8) is 0 Å². The molecule has 7 nitrogen and oxygen atoms in total. The van der Waals surface area contributed by atoms with Gasteiger partial charge in [-0.2, -0.15) is 0 Å². The van der Waals surface area contributed by atoms with E-state index in [9.17, 15) is 9.59 Å².